The van der Waals surface area contributed by atoms with E-state index in [1.807, 2.05) is 6.08 Å². The monoisotopic (exact) mass is 139 g/mol. The molecule has 1 nitrogen and oxygen atoms in total. The molecule has 1 N–H and O–H groups in total. The van der Waals surface area contributed by atoms with Crippen LogP contribution in [0.5, 0.6) is 0 Å². The molecule has 10 heavy (non-hydrogen) atoms. The summed E-state index contributed by atoms with van der Waals surface area (Å²) in [5, 5.41) is 3.43. The number of rotatable bonds is 6. The van der Waals surface area contributed by atoms with Crippen molar-refractivity contribution in [3.8, 4) is 0 Å². The van der Waals surface area contributed by atoms with E-state index in [0.717, 1.165) is 12.3 Å². The lowest BCUT2D eigenvalue weighted by Crippen LogP contribution is -2.17. The zero-order valence-electron chi connectivity index (χ0n) is 6.60. The Balaban J connectivity index is 1.72. The fraction of sp³-hybridized carbons (Fsp3) is 0.778. The van der Waals surface area contributed by atoms with E-state index in [2.05, 4.69) is 11.9 Å². The summed E-state index contributed by atoms with van der Waals surface area (Å²) in [5.41, 5.74) is 0. The second-order valence-electron chi connectivity index (χ2n) is 3.08. The van der Waals surface area contributed by atoms with E-state index in [1.54, 1.807) is 0 Å². The van der Waals surface area contributed by atoms with E-state index in [0.29, 0.717) is 0 Å². The molecule has 0 aromatic carbocycles. The zero-order chi connectivity index (χ0) is 7.23. The van der Waals surface area contributed by atoms with Crippen molar-refractivity contribution >= 4 is 0 Å². The fourth-order valence-electron chi connectivity index (χ4n) is 1.000. The minimum absolute atomic E-state index is 1.02. The summed E-state index contributed by atoms with van der Waals surface area (Å²) in [6, 6.07) is 0. The summed E-state index contributed by atoms with van der Waals surface area (Å²) >= 11 is 0. The van der Waals surface area contributed by atoms with Gasteiger partial charge in [-0.3, -0.25) is 0 Å². The number of unbranched alkanes of at least 4 members (excludes halogenated alkanes) is 1. The molecule has 0 atom stereocenters. The van der Waals surface area contributed by atoms with Crippen molar-refractivity contribution in [2.24, 2.45) is 5.92 Å². The lowest BCUT2D eigenvalue weighted by atomic mass is 10.3. The molecule has 0 radical (unpaired) electrons. The van der Waals surface area contributed by atoms with Crippen molar-refractivity contribution in [1.82, 2.24) is 5.32 Å². The van der Waals surface area contributed by atoms with E-state index < -0.39 is 0 Å². The van der Waals surface area contributed by atoms with Gasteiger partial charge in [-0.25, -0.2) is 0 Å². The molecule has 0 aromatic rings. The largest absolute Gasteiger partial charge is 0.316 e. The molecule has 0 amide bonds. The molecule has 0 saturated heterocycles. The van der Waals surface area contributed by atoms with Crippen molar-refractivity contribution < 1.29 is 0 Å². The standard InChI is InChI=1S/C9H17N/c1-2-3-4-7-10-8-9-5-6-9/h2,9-10H,1,3-8H2. The van der Waals surface area contributed by atoms with Gasteiger partial charge in [-0.1, -0.05) is 6.08 Å². The Morgan fingerprint density at radius 1 is 1.50 bits per heavy atom. The van der Waals surface area contributed by atoms with Gasteiger partial charge in [0.1, 0.15) is 0 Å². The molecule has 1 aliphatic rings. The van der Waals surface area contributed by atoms with E-state index >= 15 is 0 Å². The minimum Gasteiger partial charge on any atom is -0.316 e. The van der Waals surface area contributed by atoms with Crippen molar-refractivity contribution in [2.45, 2.75) is 25.7 Å². The van der Waals surface area contributed by atoms with Crippen LogP contribution in [0.25, 0.3) is 0 Å². The molecule has 1 saturated carbocycles. The predicted octanol–water partition coefficient (Wildman–Crippen LogP) is 1.95. The second-order valence-corrected chi connectivity index (χ2v) is 3.08. The first kappa shape index (κ1) is 7.80. The minimum atomic E-state index is 1.02. The fourth-order valence-corrected chi connectivity index (χ4v) is 1.000. The Bertz CT molecular complexity index is 94.9. The molecule has 0 unspecified atom stereocenters. The van der Waals surface area contributed by atoms with Crippen LogP contribution in [0.2, 0.25) is 0 Å². The lowest BCUT2D eigenvalue weighted by molar-refractivity contribution is 0.617. The maximum absolute atomic E-state index is 3.68. The van der Waals surface area contributed by atoms with Crippen LogP contribution in [0, 0.1) is 5.92 Å². The summed E-state index contributed by atoms with van der Waals surface area (Å²) in [5.74, 6) is 1.02. The normalized spacial score (nSPS) is 17.2. The van der Waals surface area contributed by atoms with Crippen molar-refractivity contribution in [3.63, 3.8) is 0 Å². The van der Waals surface area contributed by atoms with Crippen LogP contribution in [0.1, 0.15) is 25.7 Å². The summed E-state index contributed by atoms with van der Waals surface area (Å²) in [4.78, 5) is 0. The third-order valence-corrected chi connectivity index (χ3v) is 1.89. The molecular weight excluding hydrogens is 122 g/mol. The first-order valence-electron chi connectivity index (χ1n) is 4.25. The topological polar surface area (TPSA) is 12.0 Å². The van der Waals surface area contributed by atoms with Gasteiger partial charge in [-0.2, -0.15) is 0 Å². The molecule has 0 heterocycles. The predicted molar refractivity (Wildman–Crippen MR) is 45.0 cm³/mol. The first-order valence-corrected chi connectivity index (χ1v) is 4.25. The second kappa shape index (κ2) is 4.51. The quantitative estimate of drug-likeness (QED) is 0.438. The maximum atomic E-state index is 3.68. The van der Waals surface area contributed by atoms with Gasteiger partial charge >= 0.3 is 0 Å². The Hall–Kier alpha value is -0.300. The average molecular weight is 139 g/mol. The van der Waals surface area contributed by atoms with Crippen LogP contribution in [0.15, 0.2) is 12.7 Å². The summed E-state index contributed by atoms with van der Waals surface area (Å²) in [6.45, 7) is 6.09. The zero-order valence-corrected chi connectivity index (χ0v) is 6.60. The molecule has 1 rings (SSSR count). The first-order chi connectivity index (χ1) is 4.93. The van der Waals surface area contributed by atoms with Gasteiger partial charge in [0.15, 0.2) is 0 Å². The smallest absolute Gasteiger partial charge is 0.00205 e. The number of hydrogen-bond acceptors (Lipinski definition) is 1. The van der Waals surface area contributed by atoms with E-state index in [4.69, 9.17) is 0 Å². The average Bonchev–Trinajstić information content (AvgIpc) is 2.71. The Labute approximate surface area is 63.5 Å². The molecule has 58 valence electrons. The highest BCUT2D eigenvalue weighted by atomic mass is 14.9. The molecule has 0 spiro atoms. The number of nitrogens with one attached hydrogen (secondary N) is 1. The Kier molecular flexibility index (Phi) is 3.52. The molecule has 0 aromatic heterocycles. The van der Waals surface area contributed by atoms with Crippen LogP contribution in [-0.2, 0) is 0 Å². The van der Waals surface area contributed by atoms with Gasteiger partial charge in [0.05, 0.1) is 0 Å². The van der Waals surface area contributed by atoms with Crippen LogP contribution >= 0.6 is 0 Å². The van der Waals surface area contributed by atoms with Crippen LogP contribution in [0.4, 0.5) is 0 Å². The third-order valence-electron chi connectivity index (χ3n) is 1.89. The summed E-state index contributed by atoms with van der Waals surface area (Å²) in [6.07, 6.45) is 7.29. The van der Waals surface area contributed by atoms with Gasteiger partial charge in [-0.05, 0) is 44.7 Å². The third kappa shape index (κ3) is 3.67. The molecule has 1 aliphatic carbocycles. The molecular formula is C9H17N. The van der Waals surface area contributed by atoms with E-state index in [9.17, 15) is 0 Å². The molecule has 0 bridgehead atoms. The SMILES string of the molecule is C=CCCCNCC1CC1. The van der Waals surface area contributed by atoms with Gasteiger partial charge in [-0.15, -0.1) is 6.58 Å². The van der Waals surface area contributed by atoms with Crippen LogP contribution < -0.4 is 5.32 Å². The van der Waals surface area contributed by atoms with Crippen molar-refractivity contribution in [2.75, 3.05) is 13.1 Å². The summed E-state index contributed by atoms with van der Waals surface area (Å²) in [7, 11) is 0. The molecule has 0 aliphatic heterocycles. The van der Waals surface area contributed by atoms with Gasteiger partial charge in [0, 0.05) is 0 Å². The van der Waals surface area contributed by atoms with Crippen LogP contribution in [0.3, 0.4) is 0 Å². The Morgan fingerprint density at radius 3 is 2.90 bits per heavy atom. The van der Waals surface area contributed by atoms with Crippen molar-refractivity contribution in [1.29, 1.82) is 0 Å². The highest BCUT2D eigenvalue weighted by Crippen LogP contribution is 2.27. The number of allylic oxidation sites excluding steroid dienone is 1. The highest BCUT2D eigenvalue weighted by Gasteiger charge is 2.19. The van der Waals surface area contributed by atoms with Gasteiger partial charge < -0.3 is 5.32 Å². The highest BCUT2D eigenvalue weighted by molar-refractivity contribution is 4.75. The van der Waals surface area contributed by atoms with Crippen LogP contribution in [-0.4, -0.2) is 13.1 Å². The summed E-state index contributed by atoms with van der Waals surface area (Å²) < 4.78 is 0. The van der Waals surface area contributed by atoms with Gasteiger partial charge in [0.25, 0.3) is 0 Å². The lowest BCUT2D eigenvalue weighted by Gasteiger charge is -1.99. The van der Waals surface area contributed by atoms with Gasteiger partial charge in [0.2, 0.25) is 0 Å². The number of hydrogen-bond donors (Lipinski definition) is 1. The van der Waals surface area contributed by atoms with Crippen molar-refractivity contribution in [3.05, 3.63) is 12.7 Å². The van der Waals surface area contributed by atoms with E-state index in [-0.39, 0.29) is 0 Å². The molecule has 1 heteroatoms. The van der Waals surface area contributed by atoms with E-state index in [1.165, 1.54) is 32.4 Å². The maximum Gasteiger partial charge on any atom is -0.00205 e. The Morgan fingerprint density at radius 2 is 2.30 bits per heavy atom. The molecule has 1 fully saturated rings.